The predicted molar refractivity (Wildman–Crippen MR) is 74.0 cm³/mol. The van der Waals surface area contributed by atoms with Gasteiger partial charge in [0.2, 0.25) is 5.91 Å². The Morgan fingerprint density at radius 3 is 2.53 bits per heavy atom. The third kappa shape index (κ3) is 3.71. The van der Waals surface area contributed by atoms with Crippen molar-refractivity contribution < 1.29 is 4.79 Å². The topological polar surface area (TPSA) is 49.6 Å². The van der Waals surface area contributed by atoms with Crippen LogP contribution in [-0.2, 0) is 11.3 Å². The van der Waals surface area contributed by atoms with Crippen molar-refractivity contribution in [3.63, 3.8) is 0 Å². The maximum Gasteiger partial charge on any atom is 0.241 e. The number of hydrogen-bond donors (Lipinski definition) is 1. The number of nitrogens with two attached hydrogens (primary N) is 1. The van der Waals surface area contributed by atoms with Gasteiger partial charge in [-0.05, 0) is 23.8 Å². The van der Waals surface area contributed by atoms with Gasteiger partial charge >= 0.3 is 0 Å². The van der Waals surface area contributed by atoms with Gasteiger partial charge in [0, 0.05) is 37.8 Å². The Labute approximate surface area is 111 Å². The second-order valence-corrected chi connectivity index (χ2v) is 5.04. The number of anilines is 1. The van der Waals surface area contributed by atoms with Crippen LogP contribution in [0.3, 0.4) is 0 Å². The summed E-state index contributed by atoms with van der Waals surface area (Å²) in [6.45, 7) is 0.802. The Morgan fingerprint density at radius 2 is 2.00 bits per heavy atom. The minimum absolute atomic E-state index is 0.0680. The van der Waals surface area contributed by atoms with E-state index in [2.05, 4.69) is 15.9 Å². The molecule has 0 aliphatic heterocycles. The van der Waals surface area contributed by atoms with Gasteiger partial charge in [0.1, 0.15) is 0 Å². The van der Waals surface area contributed by atoms with E-state index >= 15 is 0 Å². The van der Waals surface area contributed by atoms with E-state index in [0.29, 0.717) is 13.1 Å². The zero-order valence-corrected chi connectivity index (χ0v) is 12.0. The maximum absolute atomic E-state index is 11.6. The summed E-state index contributed by atoms with van der Waals surface area (Å²) >= 11 is 3.41. The van der Waals surface area contributed by atoms with Crippen LogP contribution in [0.2, 0.25) is 0 Å². The number of hydrogen-bond acceptors (Lipinski definition) is 3. The highest BCUT2D eigenvalue weighted by molar-refractivity contribution is 9.10. The van der Waals surface area contributed by atoms with E-state index in [1.807, 2.05) is 30.1 Å². The van der Waals surface area contributed by atoms with Crippen LogP contribution in [0.4, 0.5) is 5.69 Å². The van der Waals surface area contributed by atoms with E-state index in [1.54, 1.807) is 19.0 Å². The van der Waals surface area contributed by atoms with E-state index in [0.717, 1.165) is 15.7 Å². The fourth-order valence-corrected chi connectivity index (χ4v) is 1.93. The molecule has 1 aromatic rings. The minimum atomic E-state index is 0.0680. The molecular weight excluding hydrogens is 282 g/mol. The molecule has 0 atom stereocenters. The van der Waals surface area contributed by atoms with Crippen LogP contribution in [0.1, 0.15) is 5.56 Å². The van der Waals surface area contributed by atoms with Crippen LogP contribution in [0.15, 0.2) is 22.7 Å². The van der Waals surface area contributed by atoms with Gasteiger partial charge in [0.15, 0.2) is 0 Å². The van der Waals surface area contributed by atoms with Crippen molar-refractivity contribution in [3.8, 4) is 0 Å². The van der Waals surface area contributed by atoms with Crippen molar-refractivity contribution in [2.75, 3.05) is 32.6 Å². The molecule has 0 aliphatic rings. The molecule has 0 radical (unpaired) electrons. The maximum atomic E-state index is 11.6. The first kappa shape index (κ1) is 14.0. The minimum Gasteiger partial charge on any atom is -0.365 e. The van der Waals surface area contributed by atoms with Gasteiger partial charge in [-0.25, -0.2) is 0 Å². The van der Waals surface area contributed by atoms with Crippen molar-refractivity contribution in [1.82, 2.24) is 4.90 Å². The number of carbonyl (C=O) groups excluding carboxylic acids is 1. The van der Waals surface area contributed by atoms with E-state index in [-0.39, 0.29) is 5.91 Å². The lowest BCUT2D eigenvalue weighted by Gasteiger charge is -2.23. The van der Waals surface area contributed by atoms with Crippen molar-refractivity contribution in [2.24, 2.45) is 5.73 Å². The molecule has 0 aromatic heterocycles. The summed E-state index contributed by atoms with van der Waals surface area (Å²) in [6, 6.07) is 5.90. The summed E-state index contributed by atoms with van der Waals surface area (Å²) in [5.74, 6) is 0.0680. The summed E-state index contributed by atoms with van der Waals surface area (Å²) in [5.41, 5.74) is 7.72. The number of carbonyl (C=O) groups is 1. The Kier molecular flexibility index (Phi) is 4.96. The average Bonchev–Trinajstić information content (AvgIpc) is 2.28. The van der Waals surface area contributed by atoms with Crippen LogP contribution >= 0.6 is 15.9 Å². The van der Waals surface area contributed by atoms with E-state index in [9.17, 15) is 4.79 Å². The molecule has 17 heavy (non-hydrogen) atoms. The molecule has 0 aliphatic carbocycles. The van der Waals surface area contributed by atoms with Crippen LogP contribution in [0.5, 0.6) is 0 Å². The van der Waals surface area contributed by atoms with Gasteiger partial charge in [0.25, 0.3) is 0 Å². The van der Waals surface area contributed by atoms with E-state index in [4.69, 9.17) is 5.73 Å². The Balaban J connectivity index is 2.88. The van der Waals surface area contributed by atoms with Crippen LogP contribution in [-0.4, -0.2) is 38.5 Å². The highest BCUT2D eigenvalue weighted by atomic mass is 79.9. The summed E-state index contributed by atoms with van der Waals surface area (Å²) in [6.07, 6.45) is 0. The molecule has 0 saturated heterocycles. The molecule has 5 heteroatoms. The smallest absolute Gasteiger partial charge is 0.241 e. The van der Waals surface area contributed by atoms with Crippen molar-refractivity contribution in [1.29, 1.82) is 0 Å². The normalized spacial score (nSPS) is 10.2. The summed E-state index contributed by atoms with van der Waals surface area (Å²) in [7, 11) is 5.40. The molecule has 4 nitrogen and oxygen atoms in total. The molecule has 1 amide bonds. The number of halogens is 1. The molecule has 0 heterocycles. The average molecular weight is 300 g/mol. The SMILES string of the molecule is CN(C)C(=O)CN(C)c1ccc(Br)cc1CN. The van der Waals surface area contributed by atoms with Gasteiger partial charge in [-0.1, -0.05) is 15.9 Å². The van der Waals surface area contributed by atoms with Gasteiger partial charge < -0.3 is 15.5 Å². The number of likely N-dealkylation sites (N-methyl/N-ethyl adjacent to an activating group) is 2. The van der Waals surface area contributed by atoms with Gasteiger partial charge in [-0.15, -0.1) is 0 Å². The second-order valence-electron chi connectivity index (χ2n) is 4.12. The van der Waals surface area contributed by atoms with Crippen LogP contribution < -0.4 is 10.6 Å². The first-order valence-corrected chi connectivity index (χ1v) is 6.14. The van der Waals surface area contributed by atoms with Gasteiger partial charge in [0.05, 0.1) is 6.54 Å². The lowest BCUT2D eigenvalue weighted by Crippen LogP contribution is -2.34. The number of benzene rings is 1. The number of amides is 1. The van der Waals surface area contributed by atoms with Crippen molar-refractivity contribution in [2.45, 2.75) is 6.54 Å². The van der Waals surface area contributed by atoms with Crippen molar-refractivity contribution in [3.05, 3.63) is 28.2 Å². The highest BCUT2D eigenvalue weighted by Crippen LogP contribution is 2.23. The molecule has 0 unspecified atom stereocenters. The summed E-state index contributed by atoms with van der Waals surface area (Å²) in [4.78, 5) is 15.1. The molecule has 0 fully saturated rings. The quantitative estimate of drug-likeness (QED) is 0.915. The molecule has 0 spiro atoms. The molecule has 94 valence electrons. The summed E-state index contributed by atoms with van der Waals surface area (Å²) < 4.78 is 0.994. The first-order chi connectivity index (χ1) is 7.95. The standard InChI is InChI=1S/C12H18BrN3O/c1-15(2)12(17)8-16(3)11-5-4-10(13)6-9(11)7-14/h4-6H,7-8,14H2,1-3H3. The number of nitrogens with zero attached hydrogens (tertiary/aromatic N) is 2. The lowest BCUT2D eigenvalue weighted by atomic mass is 10.1. The molecule has 0 bridgehead atoms. The highest BCUT2D eigenvalue weighted by Gasteiger charge is 2.12. The van der Waals surface area contributed by atoms with E-state index < -0.39 is 0 Å². The van der Waals surface area contributed by atoms with Crippen LogP contribution in [0.25, 0.3) is 0 Å². The van der Waals surface area contributed by atoms with Gasteiger partial charge in [-0.2, -0.15) is 0 Å². The largest absolute Gasteiger partial charge is 0.365 e. The molecule has 0 saturated carbocycles. The first-order valence-electron chi connectivity index (χ1n) is 5.35. The number of rotatable bonds is 4. The van der Waals surface area contributed by atoms with Crippen LogP contribution in [0, 0.1) is 0 Å². The Bertz CT molecular complexity index is 407. The molecule has 2 N–H and O–H groups in total. The zero-order chi connectivity index (χ0) is 13.0. The van der Waals surface area contributed by atoms with Gasteiger partial charge in [-0.3, -0.25) is 4.79 Å². The third-order valence-electron chi connectivity index (χ3n) is 2.54. The molecular formula is C12H18BrN3O. The predicted octanol–water partition coefficient (Wildman–Crippen LogP) is 1.43. The fraction of sp³-hybridized carbons (Fsp3) is 0.417. The van der Waals surface area contributed by atoms with Crippen molar-refractivity contribution >= 4 is 27.5 Å². The second kappa shape index (κ2) is 6.02. The Morgan fingerprint density at radius 1 is 1.35 bits per heavy atom. The lowest BCUT2D eigenvalue weighted by molar-refractivity contribution is -0.127. The summed E-state index contributed by atoms with van der Waals surface area (Å²) in [5, 5.41) is 0. The Hall–Kier alpha value is -1.07. The molecule has 1 aromatic carbocycles. The third-order valence-corrected chi connectivity index (χ3v) is 3.04. The van der Waals surface area contributed by atoms with E-state index in [1.165, 1.54) is 0 Å². The molecule has 1 rings (SSSR count). The fourth-order valence-electron chi connectivity index (χ4n) is 1.52. The zero-order valence-electron chi connectivity index (χ0n) is 10.4. The monoisotopic (exact) mass is 299 g/mol.